The predicted octanol–water partition coefficient (Wildman–Crippen LogP) is 1.74. The van der Waals surface area contributed by atoms with Gasteiger partial charge in [-0.15, -0.1) is 0 Å². The van der Waals surface area contributed by atoms with Gasteiger partial charge < -0.3 is 5.73 Å². The van der Waals surface area contributed by atoms with Crippen LogP contribution in [-0.2, 0) is 6.42 Å². The summed E-state index contributed by atoms with van der Waals surface area (Å²) in [6.45, 7) is 1.80. The molecule has 0 aliphatic heterocycles. The second-order valence-corrected chi connectivity index (χ2v) is 4.16. The van der Waals surface area contributed by atoms with Crippen LogP contribution in [0.3, 0.4) is 0 Å². The van der Waals surface area contributed by atoms with Gasteiger partial charge in [0.2, 0.25) is 0 Å². The van der Waals surface area contributed by atoms with E-state index in [-0.39, 0.29) is 0 Å². The Morgan fingerprint density at radius 2 is 1.93 bits per heavy atom. The topological polar surface area (TPSA) is 29.3 Å². The summed E-state index contributed by atoms with van der Waals surface area (Å²) in [4.78, 5) is 1.80. The third-order valence-corrected chi connectivity index (χ3v) is 2.59. The number of hydrogen-bond acceptors (Lipinski definition) is 2. The highest BCUT2D eigenvalue weighted by atomic mass is 19.1. The molecule has 1 aromatic rings. The third-order valence-electron chi connectivity index (χ3n) is 2.59. The van der Waals surface area contributed by atoms with E-state index in [1.165, 1.54) is 12.1 Å². The van der Waals surface area contributed by atoms with Gasteiger partial charge in [-0.05, 0) is 32.6 Å². The van der Waals surface area contributed by atoms with Gasteiger partial charge in [0, 0.05) is 12.5 Å². The van der Waals surface area contributed by atoms with Crippen molar-refractivity contribution in [2.75, 3.05) is 14.1 Å². The van der Waals surface area contributed by atoms with E-state index in [1.54, 1.807) is 11.8 Å². The molecule has 84 valence electrons. The molecule has 15 heavy (non-hydrogen) atoms. The molecule has 1 aromatic carbocycles. The van der Waals surface area contributed by atoms with Gasteiger partial charge in [0.1, 0.15) is 11.6 Å². The van der Waals surface area contributed by atoms with Crippen LogP contribution in [0.4, 0.5) is 8.78 Å². The maximum atomic E-state index is 13.3. The van der Waals surface area contributed by atoms with E-state index in [2.05, 4.69) is 0 Å². The Kier molecular flexibility index (Phi) is 3.42. The molecule has 0 aliphatic rings. The molecular weight excluding hydrogens is 198 g/mol. The third kappa shape index (κ3) is 2.97. The largest absolute Gasteiger partial charge is 0.313 e. The minimum atomic E-state index is -0.640. The molecular formula is C11H16F2N2. The van der Waals surface area contributed by atoms with Crippen molar-refractivity contribution in [2.45, 2.75) is 19.0 Å². The van der Waals surface area contributed by atoms with Crippen LogP contribution in [0.1, 0.15) is 12.5 Å². The Bertz CT molecular complexity index is 348. The Hall–Kier alpha value is -1.00. The molecule has 0 amide bonds. The standard InChI is InChI=1S/C11H16F2N2/c1-11(14,15(2)3)7-8-4-5-9(12)6-10(8)13/h4-6H,7,14H2,1-3H3. The minimum absolute atomic E-state index is 0.339. The number of halogens is 2. The maximum Gasteiger partial charge on any atom is 0.129 e. The average molecular weight is 214 g/mol. The number of hydrogen-bond donors (Lipinski definition) is 1. The highest BCUT2D eigenvalue weighted by molar-refractivity contribution is 5.20. The summed E-state index contributed by atoms with van der Waals surface area (Å²) in [5, 5.41) is 0. The molecule has 1 rings (SSSR count). The monoisotopic (exact) mass is 214 g/mol. The Labute approximate surface area is 88.7 Å². The predicted molar refractivity (Wildman–Crippen MR) is 56.3 cm³/mol. The zero-order valence-electron chi connectivity index (χ0n) is 9.22. The van der Waals surface area contributed by atoms with Gasteiger partial charge in [0.15, 0.2) is 0 Å². The smallest absolute Gasteiger partial charge is 0.129 e. The number of rotatable bonds is 3. The van der Waals surface area contributed by atoms with Crippen molar-refractivity contribution in [1.82, 2.24) is 4.90 Å². The highest BCUT2D eigenvalue weighted by Gasteiger charge is 2.23. The van der Waals surface area contributed by atoms with Crippen molar-refractivity contribution >= 4 is 0 Å². The van der Waals surface area contributed by atoms with Gasteiger partial charge in [-0.3, -0.25) is 4.90 Å². The van der Waals surface area contributed by atoms with Gasteiger partial charge >= 0.3 is 0 Å². The maximum absolute atomic E-state index is 13.3. The SMILES string of the molecule is CN(C)C(C)(N)Cc1ccc(F)cc1F. The summed E-state index contributed by atoms with van der Waals surface area (Å²) >= 11 is 0. The minimum Gasteiger partial charge on any atom is -0.313 e. The van der Waals surface area contributed by atoms with E-state index >= 15 is 0 Å². The molecule has 2 N–H and O–H groups in total. The first-order valence-electron chi connectivity index (χ1n) is 4.73. The fourth-order valence-electron chi connectivity index (χ4n) is 1.21. The Morgan fingerprint density at radius 3 is 2.40 bits per heavy atom. The first-order chi connectivity index (χ1) is 6.83. The molecule has 0 aliphatic carbocycles. The average Bonchev–Trinajstić information content (AvgIpc) is 2.09. The number of nitrogens with zero attached hydrogens (tertiary/aromatic N) is 1. The molecule has 0 spiro atoms. The lowest BCUT2D eigenvalue weighted by Gasteiger charge is -2.32. The highest BCUT2D eigenvalue weighted by Crippen LogP contribution is 2.16. The Balaban J connectivity index is 2.90. The van der Waals surface area contributed by atoms with Gasteiger partial charge in [-0.2, -0.15) is 0 Å². The number of likely N-dealkylation sites (N-methyl/N-ethyl adjacent to an activating group) is 1. The first kappa shape index (κ1) is 12.1. The second-order valence-electron chi connectivity index (χ2n) is 4.16. The van der Waals surface area contributed by atoms with Crippen LogP contribution in [0.15, 0.2) is 18.2 Å². The number of benzene rings is 1. The van der Waals surface area contributed by atoms with Gasteiger partial charge in [0.05, 0.1) is 5.66 Å². The van der Waals surface area contributed by atoms with E-state index in [4.69, 9.17) is 5.73 Å². The summed E-state index contributed by atoms with van der Waals surface area (Å²) in [6, 6.07) is 3.55. The fraction of sp³-hybridized carbons (Fsp3) is 0.455. The van der Waals surface area contributed by atoms with Crippen LogP contribution in [-0.4, -0.2) is 24.7 Å². The molecule has 0 heterocycles. The number of nitrogens with two attached hydrogens (primary N) is 1. The van der Waals surface area contributed by atoms with Crippen molar-refractivity contribution in [3.05, 3.63) is 35.4 Å². The van der Waals surface area contributed by atoms with Crippen LogP contribution < -0.4 is 5.73 Å². The molecule has 1 atom stereocenters. The van der Waals surface area contributed by atoms with E-state index < -0.39 is 17.3 Å². The summed E-state index contributed by atoms with van der Waals surface area (Å²) in [6.07, 6.45) is 0.339. The Morgan fingerprint density at radius 1 is 1.33 bits per heavy atom. The van der Waals surface area contributed by atoms with Gasteiger partial charge in [-0.25, -0.2) is 8.78 Å². The zero-order valence-corrected chi connectivity index (χ0v) is 9.22. The van der Waals surface area contributed by atoms with E-state index in [0.29, 0.717) is 12.0 Å². The van der Waals surface area contributed by atoms with Crippen molar-refractivity contribution in [3.63, 3.8) is 0 Å². The van der Waals surface area contributed by atoms with E-state index in [1.807, 2.05) is 14.1 Å². The molecule has 0 bridgehead atoms. The molecule has 0 saturated heterocycles. The first-order valence-corrected chi connectivity index (χ1v) is 4.73. The summed E-state index contributed by atoms with van der Waals surface area (Å²) in [5.74, 6) is -1.12. The lowest BCUT2D eigenvalue weighted by Crippen LogP contribution is -2.51. The van der Waals surface area contributed by atoms with Gasteiger partial charge in [0.25, 0.3) is 0 Å². The molecule has 0 aromatic heterocycles. The zero-order chi connectivity index (χ0) is 11.6. The summed E-state index contributed by atoms with van der Waals surface area (Å²) < 4.78 is 26.0. The van der Waals surface area contributed by atoms with Crippen LogP contribution in [0.2, 0.25) is 0 Å². The van der Waals surface area contributed by atoms with Crippen molar-refractivity contribution in [3.8, 4) is 0 Å². The molecule has 0 radical (unpaired) electrons. The lowest BCUT2D eigenvalue weighted by atomic mass is 10.0. The van der Waals surface area contributed by atoms with E-state index in [9.17, 15) is 8.78 Å². The molecule has 1 unspecified atom stereocenters. The summed E-state index contributed by atoms with van der Waals surface area (Å²) in [7, 11) is 3.64. The quantitative estimate of drug-likeness (QED) is 0.777. The van der Waals surface area contributed by atoms with Crippen LogP contribution in [0, 0.1) is 11.6 Å². The van der Waals surface area contributed by atoms with Crippen LogP contribution >= 0.6 is 0 Å². The van der Waals surface area contributed by atoms with Crippen LogP contribution in [0.5, 0.6) is 0 Å². The lowest BCUT2D eigenvalue weighted by molar-refractivity contribution is 0.178. The normalized spacial score (nSPS) is 15.4. The van der Waals surface area contributed by atoms with Crippen molar-refractivity contribution < 1.29 is 8.78 Å². The molecule has 0 fully saturated rings. The van der Waals surface area contributed by atoms with Crippen LogP contribution in [0.25, 0.3) is 0 Å². The summed E-state index contributed by atoms with van der Waals surface area (Å²) in [5.41, 5.74) is 5.75. The van der Waals surface area contributed by atoms with E-state index in [0.717, 1.165) is 6.07 Å². The van der Waals surface area contributed by atoms with Gasteiger partial charge in [-0.1, -0.05) is 6.07 Å². The fourth-order valence-corrected chi connectivity index (χ4v) is 1.21. The van der Waals surface area contributed by atoms with Crippen molar-refractivity contribution in [1.29, 1.82) is 0 Å². The second kappa shape index (κ2) is 4.24. The molecule has 4 heteroatoms. The van der Waals surface area contributed by atoms with Crippen molar-refractivity contribution in [2.24, 2.45) is 5.73 Å². The molecule has 0 saturated carbocycles. The molecule has 2 nitrogen and oxygen atoms in total.